The number of methoxy groups -OCH3 is 1. The fourth-order valence-corrected chi connectivity index (χ4v) is 2.82. The topological polar surface area (TPSA) is 39.4 Å². The zero-order chi connectivity index (χ0) is 14.1. The van der Waals surface area contributed by atoms with Gasteiger partial charge >= 0.3 is 0 Å². The smallest absolute Gasteiger partial charge is 0.206 e. The maximum absolute atomic E-state index is 12.5. The van der Waals surface area contributed by atoms with E-state index < -0.39 is 0 Å². The SMILES string of the molecule is COc1cccc2c(=O)c(I)c(-c3ccccc3)oc12. The summed E-state index contributed by atoms with van der Waals surface area (Å²) in [7, 11) is 1.56. The van der Waals surface area contributed by atoms with Crippen LogP contribution in [0.5, 0.6) is 5.75 Å². The second-order valence-corrected chi connectivity index (χ2v) is 5.36. The Balaban J connectivity index is 2.40. The molecule has 0 aliphatic rings. The van der Waals surface area contributed by atoms with Crippen LogP contribution in [0.15, 0.2) is 57.7 Å². The van der Waals surface area contributed by atoms with E-state index in [0.29, 0.717) is 26.0 Å². The number of rotatable bonds is 2. The first-order valence-electron chi connectivity index (χ1n) is 6.07. The van der Waals surface area contributed by atoms with Crippen LogP contribution in [0.2, 0.25) is 0 Å². The van der Waals surface area contributed by atoms with Crippen molar-refractivity contribution < 1.29 is 9.15 Å². The molecule has 3 nitrogen and oxygen atoms in total. The van der Waals surface area contributed by atoms with Crippen LogP contribution in [0.4, 0.5) is 0 Å². The zero-order valence-electron chi connectivity index (χ0n) is 10.7. The number of para-hydroxylation sites is 1. The summed E-state index contributed by atoms with van der Waals surface area (Å²) in [5.74, 6) is 1.14. The van der Waals surface area contributed by atoms with Crippen LogP contribution in [0.1, 0.15) is 0 Å². The lowest BCUT2D eigenvalue weighted by Gasteiger charge is -2.08. The molecule has 3 rings (SSSR count). The van der Waals surface area contributed by atoms with Crippen LogP contribution >= 0.6 is 22.6 Å². The van der Waals surface area contributed by atoms with Crippen LogP contribution in [0.3, 0.4) is 0 Å². The Morgan fingerprint density at radius 1 is 1.05 bits per heavy atom. The quantitative estimate of drug-likeness (QED) is 0.631. The van der Waals surface area contributed by atoms with Gasteiger partial charge in [0.1, 0.15) is 3.57 Å². The first-order valence-corrected chi connectivity index (χ1v) is 7.15. The van der Waals surface area contributed by atoms with Crippen molar-refractivity contribution in [1.29, 1.82) is 0 Å². The minimum atomic E-state index is -0.0374. The molecular formula is C16H11IO3. The average molecular weight is 378 g/mol. The van der Waals surface area contributed by atoms with Gasteiger partial charge in [0.2, 0.25) is 5.43 Å². The third kappa shape index (κ3) is 2.10. The van der Waals surface area contributed by atoms with Crippen molar-refractivity contribution >= 4 is 33.6 Å². The summed E-state index contributed by atoms with van der Waals surface area (Å²) in [4.78, 5) is 12.5. The van der Waals surface area contributed by atoms with E-state index in [1.165, 1.54) is 0 Å². The molecule has 1 heterocycles. The monoisotopic (exact) mass is 378 g/mol. The molecule has 0 atom stereocenters. The van der Waals surface area contributed by atoms with Gasteiger partial charge in [-0.25, -0.2) is 0 Å². The molecule has 0 N–H and O–H groups in total. The Hall–Kier alpha value is -1.82. The molecule has 0 saturated heterocycles. The summed E-state index contributed by atoms with van der Waals surface area (Å²) >= 11 is 2.03. The number of hydrogen-bond donors (Lipinski definition) is 0. The summed E-state index contributed by atoms with van der Waals surface area (Å²) in [6.07, 6.45) is 0. The lowest BCUT2D eigenvalue weighted by molar-refractivity contribution is 0.410. The van der Waals surface area contributed by atoms with Gasteiger partial charge in [-0.15, -0.1) is 0 Å². The molecule has 1 aromatic heterocycles. The molecule has 0 amide bonds. The fourth-order valence-electron chi connectivity index (χ4n) is 2.10. The summed E-state index contributed by atoms with van der Waals surface area (Å²) in [5, 5.41) is 0.536. The van der Waals surface area contributed by atoms with Gasteiger partial charge in [-0.2, -0.15) is 0 Å². The largest absolute Gasteiger partial charge is 0.493 e. The average Bonchev–Trinajstić information content (AvgIpc) is 2.51. The minimum Gasteiger partial charge on any atom is -0.493 e. The van der Waals surface area contributed by atoms with Crippen molar-refractivity contribution in [3.8, 4) is 17.1 Å². The molecule has 0 unspecified atom stereocenters. The Labute approximate surface area is 129 Å². The zero-order valence-corrected chi connectivity index (χ0v) is 12.9. The molecule has 0 bridgehead atoms. The number of benzene rings is 2. The molecule has 4 heteroatoms. The number of hydrogen-bond acceptors (Lipinski definition) is 3. The molecular weight excluding hydrogens is 367 g/mol. The van der Waals surface area contributed by atoms with Gasteiger partial charge in [0.25, 0.3) is 0 Å². The van der Waals surface area contributed by atoms with Crippen LogP contribution in [-0.4, -0.2) is 7.11 Å². The summed E-state index contributed by atoms with van der Waals surface area (Å²) in [6.45, 7) is 0. The van der Waals surface area contributed by atoms with E-state index in [0.717, 1.165) is 5.56 Å². The highest BCUT2D eigenvalue weighted by Gasteiger charge is 2.15. The second-order valence-electron chi connectivity index (χ2n) is 4.28. The van der Waals surface area contributed by atoms with Gasteiger partial charge in [-0.3, -0.25) is 4.79 Å². The summed E-state index contributed by atoms with van der Waals surface area (Å²) in [6, 6.07) is 14.9. The van der Waals surface area contributed by atoms with Gasteiger partial charge in [-0.05, 0) is 34.7 Å². The predicted molar refractivity (Wildman–Crippen MR) is 87.2 cm³/mol. The van der Waals surface area contributed by atoms with Crippen LogP contribution in [0, 0.1) is 3.57 Å². The van der Waals surface area contributed by atoms with E-state index >= 15 is 0 Å². The van der Waals surface area contributed by atoms with Crippen molar-refractivity contribution in [3.63, 3.8) is 0 Å². The highest BCUT2D eigenvalue weighted by atomic mass is 127. The molecule has 0 saturated carbocycles. The highest BCUT2D eigenvalue weighted by Crippen LogP contribution is 2.31. The number of fused-ring (bicyclic) bond motifs is 1. The van der Waals surface area contributed by atoms with E-state index in [4.69, 9.17) is 9.15 Å². The molecule has 2 aromatic carbocycles. The number of ether oxygens (including phenoxy) is 1. The molecule has 0 fully saturated rings. The van der Waals surface area contributed by atoms with Crippen molar-refractivity contribution in [1.82, 2.24) is 0 Å². The standard InChI is InChI=1S/C16H11IO3/c1-19-12-9-5-8-11-14(18)13(17)15(20-16(11)12)10-6-3-2-4-7-10/h2-9H,1H3. The lowest BCUT2D eigenvalue weighted by Crippen LogP contribution is -2.07. The molecule has 0 radical (unpaired) electrons. The first kappa shape index (κ1) is 13.2. The third-order valence-electron chi connectivity index (χ3n) is 3.08. The first-order chi connectivity index (χ1) is 9.72. The van der Waals surface area contributed by atoms with Crippen LogP contribution < -0.4 is 10.2 Å². The maximum Gasteiger partial charge on any atom is 0.206 e. The highest BCUT2D eigenvalue weighted by molar-refractivity contribution is 14.1. The minimum absolute atomic E-state index is 0.0374. The van der Waals surface area contributed by atoms with E-state index in [1.54, 1.807) is 25.3 Å². The summed E-state index contributed by atoms with van der Waals surface area (Å²) in [5.41, 5.74) is 1.32. The maximum atomic E-state index is 12.5. The van der Waals surface area contributed by atoms with Crippen molar-refractivity contribution in [2.24, 2.45) is 0 Å². The molecule has 0 spiro atoms. The molecule has 100 valence electrons. The molecule has 0 aliphatic carbocycles. The van der Waals surface area contributed by atoms with Gasteiger partial charge in [0, 0.05) is 5.56 Å². The van der Waals surface area contributed by atoms with Gasteiger partial charge in [0.15, 0.2) is 17.1 Å². The van der Waals surface area contributed by atoms with E-state index in [9.17, 15) is 4.79 Å². The van der Waals surface area contributed by atoms with Crippen LogP contribution in [-0.2, 0) is 0 Å². The van der Waals surface area contributed by atoms with Gasteiger partial charge in [-0.1, -0.05) is 36.4 Å². The Kier molecular flexibility index (Phi) is 3.48. The summed E-state index contributed by atoms with van der Waals surface area (Å²) < 4.78 is 11.8. The Morgan fingerprint density at radius 2 is 1.80 bits per heavy atom. The Bertz CT molecular complexity index is 822. The van der Waals surface area contributed by atoms with Gasteiger partial charge < -0.3 is 9.15 Å². The second kappa shape index (κ2) is 5.28. The van der Waals surface area contributed by atoms with Crippen molar-refractivity contribution in [3.05, 3.63) is 62.3 Å². The molecule has 20 heavy (non-hydrogen) atoms. The molecule has 0 aliphatic heterocycles. The third-order valence-corrected chi connectivity index (χ3v) is 4.06. The van der Waals surface area contributed by atoms with Crippen molar-refractivity contribution in [2.75, 3.05) is 7.11 Å². The Morgan fingerprint density at radius 3 is 2.50 bits per heavy atom. The number of halogens is 1. The predicted octanol–water partition coefficient (Wildman–Crippen LogP) is 4.07. The fraction of sp³-hybridized carbons (Fsp3) is 0.0625. The van der Waals surface area contributed by atoms with E-state index in [-0.39, 0.29) is 5.43 Å². The van der Waals surface area contributed by atoms with E-state index in [2.05, 4.69) is 0 Å². The van der Waals surface area contributed by atoms with Crippen LogP contribution in [0.25, 0.3) is 22.3 Å². The van der Waals surface area contributed by atoms with E-state index in [1.807, 2.05) is 52.9 Å². The van der Waals surface area contributed by atoms with Crippen molar-refractivity contribution in [2.45, 2.75) is 0 Å². The van der Waals surface area contributed by atoms with Gasteiger partial charge in [0.05, 0.1) is 12.5 Å². The molecule has 3 aromatic rings. The lowest BCUT2D eigenvalue weighted by atomic mass is 10.1. The normalized spacial score (nSPS) is 10.7.